The molecule has 100 valence electrons. The fourth-order valence-corrected chi connectivity index (χ4v) is 3.13. The van der Waals surface area contributed by atoms with E-state index in [2.05, 4.69) is 10.6 Å². The third-order valence-corrected chi connectivity index (χ3v) is 4.66. The molecule has 0 unspecified atom stereocenters. The van der Waals surface area contributed by atoms with Crippen molar-refractivity contribution in [3.05, 3.63) is 29.8 Å². The van der Waals surface area contributed by atoms with E-state index in [1.165, 1.54) is 24.3 Å². The minimum absolute atomic E-state index is 0.105. The normalized spacial score (nSPS) is 11.6. The van der Waals surface area contributed by atoms with Gasteiger partial charge in [0.25, 0.3) is 0 Å². The van der Waals surface area contributed by atoms with Crippen molar-refractivity contribution in [2.75, 3.05) is 0 Å². The van der Waals surface area contributed by atoms with Gasteiger partial charge in [0.1, 0.15) is 0 Å². The van der Waals surface area contributed by atoms with Gasteiger partial charge >= 0.3 is 0 Å². The fraction of sp³-hybridized carbons (Fsp3) is 0.357. The maximum Gasteiger partial charge on any atom is 0.241 e. The summed E-state index contributed by atoms with van der Waals surface area (Å²) in [6, 6.07) is 7.66. The monoisotopic (exact) mass is 276 g/mol. The molecule has 0 aliphatic carbocycles. The van der Waals surface area contributed by atoms with Crippen molar-refractivity contribution in [1.82, 2.24) is 4.72 Å². The number of sulfonamides is 1. The zero-order chi connectivity index (χ0) is 14.5. The number of terminal acetylenes is 1. The lowest BCUT2D eigenvalue weighted by atomic mass is 9.96. The second kappa shape index (κ2) is 5.88. The quantitative estimate of drug-likeness (QED) is 0.836. The third kappa shape index (κ3) is 3.35. The molecule has 1 N–H and O–H groups in total. The molecule has 1 aromatic rings. The lowest BCUT2D eigenvalue weighted by Gasteiger charge is -2.26. The molecular weight excluding hydrogens is 260 g/mol. The van der Waals surface area contributed by atoms with Crippen LogP contribution in [0.25, 0.3) is 0 Å². The van der Waals surface area contributed by atoms with E-state index in [1.54, 1.807) is 0 Å². The van der Waals surface area contributed by atoms with Crippen LogP contribution in [0.5, 0.6) is 0 Å². The summed E-state index contributed by atoms with van der Waals surface area (Å²) in [7, 11) is -3.68. The summed E-state index contributed by atoms with van der Waals surface area (Å²) in [6.07, 6.45) is 6.46. The molecule has 0 saturated carbocycles. The fourth-order valence-electron chi connectivity index (χ4n) is 1.65. The first-order valence-electron chi connectivity index (χ1n) is 5.95. The maximum absolute atomic E-state index is 12.2. The summed E-state index contributed by atoms with van der Waals surface area (Å²) in [4.78, 5) is 0.105. The van der Waals surface area contributed by atoms with Crippen molar-refractivity contribution < 1.29 is 8.42 Å². The number of benzene rings is 1. The van der Waals surface area contributed by atoms with Gasteiger partial charge < -0.3 is 0 Å². The standard InChI is InChI=1S/C14H16N2O2S/c1-4-14(5-2,6-3)16-19(17,18)13-9-7-12(11-15)8-10-13/h1,7-10,16H,5-6H2,2-3H3. The van der Waals surface area contributed by atoms with Crippen LogP contribution in [0.15, 0.2) is 29.2 Å². The van der Waals surface area contributed by atoms with E-state index in [4.69, 9.17) is 11.7 Å². The van der Waals surface area contributed by atoms with Gasteiger partial charge in [-0.3, -0.25) is 0 Å². The molecule has 0 aliphatic heterocycles. The first-order chi connectivity index (χ1) is 8.93. The second-order valence-corrected chi connectivity index (χ2v) is 5.86. The van der Waals surface area contributed by atoms with Crippen LogP contribution >= 0.6 is 0 Å². The molecule has 0 amide bonds. The Morgan fingerprint density at radius 1 is 1.26 bits per heavy atom. The summed E-state index contributed by atoms with van der Waals surface area (Å²) in [5, 5.41) is 8.69. The Kier molecular flexibility index (Phi) is 4.72. The molecule has 0 spiro atoms. The van der Waals surface area contributed by atoms with Gasteiger partial charge in [-0.25, -0.2) is 8.42 Å². The summed E-state index contributed by atoms with van der Waals surface area (Å²) >= 11 is 0. The minimum atomic E-state index is -3.68. The first-order valence-corrected chi connectivity index (χ1v) is 7.43. The summed E-state index contributed by atoms with van der Waals surface area (Å²) in [6.45, 7) is 3.68. The highest BCUT2D eigenvalue weighted by molar-refractivity contribution is 7.89. The van der Waals surface area contributed by atoms with Crippen LogP contribution in [0.3, 0.4) is 0 Å². The molecular formula is C14H16N2O2S. The van der Waals surface area contributed by atoms with E-state index in [-0.39, 0.29) is 4.90 Å². The van der Waals surface area contributed by atoms with E-state index in [1.807, 2.05) is 19.9 Å². The Morgan fingerprint density at radius 3 is 2.16 bits per heavy atom. The van der Waals surface area contributed by atoms with Crippen LogP contribution < -0.4 is 4.72 Å². The van der Waals surface area contributed by atoms with Gasteiger partial charge in [0.2, 0.25) is 10.0 Å². The molecule has 0 atom stereocenters. The lowest BCUT2D eigenvalue weighted by Crippen LogP contribution is -2.46. The maximum atomic E-state index is 12.2. The van der Waals surface area contributed by atoms with E-state index in [9.17, 15) is 8.42 Å². The van der Waals surface area contributed by atoms with E-state index >= 15 is 0 Å². The molecule has 5 heteroatoms. The summed E-state index contributed by atoms with van der Waals surface area (Å²) in [5.41, 5.74) is -0.458. The van der Waals surface area contributed by atoms with Crippen molar-refractivity contribution in [3.8, 4) is 18.4 Å². The van der Waals surface area contributed by atoms with Gasteiger partial charge in [-0.05, 0) is 37.1 Å². The van der Waals surface area contributed by atoms with Crippen molar-refractivity contribution in [2.45, 2.75) is 37.1 Å². The van der Waals surface area contributed by atoms with Gasteiger partial charge in [0.05, 0.1) is 22.1 Å². The molecule has 0 heterocycles. The van der Waals surface area contributed by atoms with Crippen LogP contribution in [-0.4, -0.2) is 14.0 Å². The molecule has 1 aromatic carbocycles. The van der Waals surface area contributed by atoms with Crippen LogP contribution in [0, 0.1) is 23.7 Å². The zero-order valence-corrected chi connectivity index (χ0v) is 11.8. The molecule has 19 heavy (non-hydrogen) atoms. The number of hydrogen-bond acceptors (Lipinski definition) is 3. The molecule has 4 nitrogen and oxygen atoms in total. The van der Waals surface area contributed by atoms with Gasteiger partial charge in [0, 0.05) is 0 Å². The van der Waals surface area contributed by atoms with Crippen LogP contribution in [-0.2, 0) is 10.0 Å². The lowest BCUT2D eigenvalue weighted by molar-refractivity contribution is 0.451. The minimum Gasteiger partial charge on any atom is -0.207 e. The Morgan fingerprint density at radius 2 is 1.79 bits per heavy atom. The van der Waals surface area contributed by atoms with Crippen LogP contribution in [0.4, 0.5) is 0 Å². The zero-order valence-electron chi connectivity index (χ0n) is 11.0. The highest BCUT2D eigenvalue weighted by Crippen LogP contribution is 2.19. The Labute approximate surface area is 114 Å². The number of nitrogens with one attached hydrogen (secondary N) is 1. The van der Waals surface area contributed by atoms with Crippen molar-refractivity contribution in [3.63, 3.8) is 0 Å². The average Bonchev–Trinajstić information content (AvgIpc) is 2.45. The molecule has 0 bridgehead atoms. The van der Waals surface area contributed by atoms with Gasteiger partial charge in [-0.1, -0.05) is 19.8 Å². The van der Waals surface area contributed by atoms with Crippen molar-refractivity contribution >= 4 is 10.0 Å². The average molecular weight is 276 g/mol. The van der Waals surface area contributed by atoms with Gasteiger partial charge in [-0.15, -0.1) is 6.42 Å². The van der Waals surface area contributed by atoms with Crippen LogP contribution in [0.1, 0.15) is 32.3 Å². The molecule has 1 rings (SSSR count). The smallest absolute Gasteiger partial charge is 0.207 e. The largest absolute Gasteiger partial charge is 0.241 e. The SMILES string of the molecule is C#CC(CC)(CC)NS(=O)(=O)c1ccc(C#N)cc1. The molecule has 0 fully saturated rings. The number of hydrogen-bond donors (Lipinski definition) is 1. The number of nitriles is 1. The molecule has 0 aromatic heterocycles. The van der Waals surface area contributed by atoms with Crippen molar-refractivity contribution in [1.29, 1.82) is 5.26 Å². The first kappa shape index (κ1) is 15.2. The van der Waals surface area contributed by atoms with Crippen LogP contribution in [0.2, 0.25) is 0 Å². The van der Waals surface area contributed by atoms with Crippen molar-refractivity contribution in [2.24, 2.45) is 0 Å². The van der Waals surface area contributed by atoms with E-state index < -0.39 is 15.6 Å². The Bertz CT molecular complexity index is 615. The predicted octanol–water partition coefficient (Wildman–Crippen LogP) is 2.03. The third-order valence-electron chi connectivity index (χ3n) is 3.11. The highest BCUT2D eigenvalue weighted by atomic mass is 32.2. The van der Waals surface area contributed by atoms with Gasteiger partial charge in [-0.2, -0.15) is 9.98 Å². The molecule has 0 saturated heterocycles. The number of rotatable bonds is 5. The van der Waals surface area contributed by atoms with E-state index in [0.29, 0.717) is 18.4 Å². The van der Waals surface area contributed by atoms with E-state index in [0.717, 1.165) is 0 Å². The predicted molar refractivity (Wildman–Crippen MR) is 73.6 cm³/mol. The summed E-state index contributed by atoms with van der Waals surface area (Å²) < 4.78 is 27.0. The van der Waals surface area contributed by atoms with Gasteiger partial charge in [0.15, 0.2) is 0 Å². The summed E-state index contributed by atoms with van der Waals surface area (Å²) in [5.74, 6) is 2.52. The molecule has 0 radical (unpaired) electrons. The molecule has 0 aliphatic rings. The Hall–Kier alpha value is -1.82. The topological polar surface area (TPSA) is 70.0 Å². The highest BCUT2D eigenvalue weighted by Gasteiger charge is 2.29. The number of nitrogens with zero attached hydrogens (tertiary/aromatic N) is 1. The second-order valence-electron chi connectivity index (χ2n) is 4.18. The Balaban J connectivity index is 3.11.